The van der Waals surface area contributed by atoms with Crippen molar-refractivity contribution >= 4 is 40.0 Å². The number of hydrogen-bond acceptors (Lipinski definition) is 4. The summed E-state index contributed by atoms with van der Waals surface area (Å²) in [4.78, 5) is 4.49. The highest BCUT2D eigenvalue weighted by Crippen LogP contribution is 2.19. The summed E-state index contributed by atoms with van der Waals surface area (Å²) in [5.74, 6) is 1.33. The maximum Gasteiger partial charge on any atom is 0.242 e. The molecular weight excluding hydrogens is 515 g/mol. The second kappa shape index (κ2) is 12.6. The molecule has 0 saturated carbocycles. The average Bonchev–Trinajstić information content (AvgIpc) is 2.73. The third-order valence-electron chi connectivity index (χ3n) is 4.18. The minimum Gasteiger partial charge on any atom is -0.489 e. The maximum atomic E-state index is 12.5. The molecule has 0 radical (unpaired) electrons. The number of ether oxygens (including phenoxy) is 1. The fourth-order valence-electron chi connectivity index (χ4n) is 2.62. The molecule has 0 atom stereocenters. The van der Waals surface area contributed by atoms with Crippen LogP contribution < -0.4 is 15.4 Å². The molecule has 0 aliphatic carbocycles. The van der Waals surface area contributed by atoms with Crippen molar-refractivity contribution in [2.24, 2.45) is 4.99 Å². The Hall–Kier alpha value is -2.11. The number of rotatable bonds is 9. The normalized spacial score (nSPS) is 11.5. The van der Waals surface area contributed by atoms with Crippen LogP contribution in [0, 0.1) is 0 Å². The molecule has 0 spiro atoms. The lowest BCUT2D eigenvalue weighted by molar-refractivity contribution is 0.358. The number of nitrogens with one attached hydrogen (secondary N) is 2. The van der Waals surface area contributed by atoms with Gasteiger partial charge in [0.25, 0.3) is 0 Å². The van der Waals surface area contributed by atoms with E-state index in [-0.39, 0.29) is 28.9 Å². The molecule has 30 heavy (non-hydrogen) atoms. The molecule has 0 bridgehead atoms. The first-order chi connectivity index (χ1) is 13.9. The number of para-hydroxylation sites is 1. The lowest BCUT2D eigenvalue weighted by atomic mass is 10.2. The first-order valence-electron chi connectivity index (χ1n) is 9.16. The van der Waals surface area contributed by atoms with Crippen LogP contribution in [0.4, 0.5) is 0 Å². The molecule has 9 heteroatoms. The molecule has 0 fully saturated rings. The van der Waals surface area contributed by atoms with Gasteiger partial charge >= 0.3 is 0 Å². The number of benzene rings is 2. The molecule has 0 aliphatic rings. The second-order valence-electron chi connectivity index (χ2n) is 6.38. The third-order valence-corrected chi connectivity index (χ3v) is 6.09. The van der Waals surface area contributed by atoms with E-state index in [4.69, 9.17) is 4.74 Å². The van der Waals surface area contributed by atoms with E-state index < -0.39 is 10.0 Å². The molecule has 2 aromatic carbocycles. The van der Waals surface area contributed by atoms with Crippen molar-refractivity contribution in [3.8, 4) is 5.75 Å². The van der Waals surface area contributed by atoms with Crippen LogP contribution in [0.3, 0.4) is 0 Å². The van der Waals surface area contributed by atoms with Crippen LogP contribution >= 0.6 is 24.0 Å². The van der Waals surface area contributed by atoms with E-state index in [1.165, 1.54) is 18.4 Å². The van der Waals surface area contributed by atoms with E-state index in [1.54, 1.807) is 31.3 Å². The van der Waals surface area contributed by atoms with Crippen molar-refractivity contribution in [2.45, 2.75) is 18.0 Å². The Kier molecular flexibility index (Phi) is 10.8. The summed E-state index contributed by atoms with van der Waals surface area (Å²) in [6.07, 6.45) is 1.70. The Morgan fingerprint density at radius 3 is 2.23 bits per heavy atom. The number of hydrogen-bond donors (Lipinski definition) is 2. The molecule has 2 aromatic rings. The highest BCUT2D eigenvalue weighted by Gasteiger charge is 2.20. The second-order valence-corrected chi connectivity index (χ2v) is 8.50. The number of sulfonamides is 1. The van der Waals surface area contributed by atoms with Crippen LogP contribution in [0.5, 0.6) is 5.75 Å². The van der Waals surface area contributed by atoms with E-state index in [0.717, 1.165) is 11.3 Å². The smallest absolute Gasteiger partial charge is 0.242 e. The van der Waals surface area contributed by atoms with Crippen molar-refractivity contribution < 1.29 is 13.2 Å². The summed E-state index contributed by atoms with van der Waals surface area (Å²) in [7, 11) is 1.18. The zero-order chi connectivity index (χ0) is 21.3. The fraction of sp³-hybridized carbons (Fsp3) is 0.286. The monoisotopic (exact) mass is 544 g/mol. The van der Waals surface area contributed by atoms with Crippen molar-refractivity contribution in [3.63, 3.8) is 0 Å². The van der Waals surface area contributed by atoms with E-state index in [9.17, 15) is 8.42 Å². The predicted molar refractivity (Wildman–Crippen MR) is 132 cm³/mol. The zero-order valence-electron chi connectivity index (χ0n) is 17.5. The molecule has 2 rings (SSSR count). The van der Waals surface area contributed by atoms with Gasteiger partial charge in [0.05, 0.1) is 4.90 Å². The molecule has 2 N–H and O–H groups in total. The summed E-state index contributed by atoms with van der Waals surface area (Å²) in [5.41, 5.74) is 1.65. The topological polar surface area (TPSA) is 83.0 Å². The Labute approximate surface area is 196 Å². The van der Waals surface area contributed by atoms with Gasteiger partial charge in [0.1, 0.15) is 12.4 Å². The first-order valence-corrected chi connectivity index (χ1v) is 10.6. The Balaban J connectivity index is 0.00000450. The maximum absolute atomic E-state index is 12.5. The van der Waals surface area contributed by atoms with Gasteiger partial charge in [-0.2, -0.15) is 0 Å². The highest BCUT2D eigenvalue weighted by molar-refractivity contribution is 14.0. The quantitative estimate of drug-likeness (QED) is 0.220. The molecule has 7 nitrogen and oxygen atoms in total. The van der Waals surface area contributed by atoms with Crippen molar-refractivity contribution in [3.05, 3.63) is 72.3 Å². The summed E-state index contributed by atoms with van der Waals surface area (Å²) < 4.78 is 31.9. The largest absolute Gasteiger partial charge is 0.489 e. The van der Waals surface area contributed by atoms with Gasteiger partial charge in [-0.25, -0.2) is 12.7 Å². The van der Waals surface area contributed by atoms with Crippen LogP contribution in [0.15, 0.2) is 71.1 Å². The van der Waals surface area contributed by atoms with Gasteiger partial charge in [0.2, 0.25) is 10.0 Å². The van der Waals surface area contributed by atoms with Crippen molar-refractivity contribution in [2.75, 3.05) is 27.7 Å². The van der Waals surface area contributed by atoms with Crippen LogP contribution in [0.1, 0.15) is 11.1 Å². The van der Waals surface area contributed by atoms with Gasteiger partial charge in [0.15, 0.2) is 5.96 Å². The summed E-state index contributed by atoms with van der Waals surface area (Å²) in [5, 5.41) is 6.40. The van der Waals surface area contributed by atoms with E-state index in [1.807, 2.05) is 30.3 Å². The Morgan fingerprint density at radius 2 is 1.63 bits per heavy atom. The van der Waals surface area contributed by atoms with E-state index in [0.29, 0.717) is 31.2 Å². The number of nitrogens with zero attached hydrogens (tertiary/aromatic N) is 2. The van der Waals surface area contributed by atoms with E-state index in [2.05, 4.69) is 22.2 Å². The van der Waals surface area contributed by atoms with Crippen LogP contribution in [-0.4, -0.2) is 46.4 Å². The molecule has 0 heterocycles. The molecule has 0 saturated heterocycles. The van der Waals surface area contributed by atoms with Crippen LogP contribution in [-0.2, 0) is 23.1 Å². The molecule has 164 valence electrons. The number of halogens is 1. The summed E-state index contributed by atoms with van der Waals surface area (Å²) in [6, 6.07) is 14.6. The predicted octanol–water partition coefficient (Wildman–Crippen LogP) is 2.98. The standard InChI is InChI=1S/C21H28N4O3S.HI/c1-5-14-28-19-12-8-6-10-17(19)15-23-21(22-2)24-16-18-11-7-9-13-20(18)29(26,27)25(3)4;/h5-13H,1,14-16H2,2-4H3,(H2,22,23,24);1H. The summed E-state index contributed by atoms with van der Waals surface area (Å²) >= 11 is 0. The molecule has 0 amide bonds. The van der Waals surface area contributed by atoms with Gasteiger partial charge in [-0.3, -0.25) is 4.99 Å². The van der Waals surface area contributed by atoms with Crippen molar-refractivity contribution in [1.82, 2.24) is 14.9 Å². The van der Waals surface area contributed by atoms with Crippen LogP contribution in [0.25, 0.3) is 0 Å². The van der Waals surface area contributed by atoms with Gasteiger partial charge in [-0.15, -0.1) is 24.0 Å². The fourth-order valence-corrected chi connectivity index (χ4v) is 3.73. The lowest BCUT2D eigenvalue weighted by Crippen LogP contribution is -2.37. The van der Waals surface area contributed by atoms with E-state index >= 15 is 0 Å². The lowest BCUT2D eigenvalue weighted by Gasteiger charge is -2.17. The summed E-state index contributed by atoms with van der Waals surface area (Å²) in [6.45, 7) is 4.92. The minimum absolute atomic E-state index is 0. The first kappa shape index (κ1) is 25.9. The van der Waals surface area contributed by atoms with Gasteiger partial charge in [-0.1, -0.05) is 49.1 Å². The minimum atomic E-state index is -3.52. The Morgan fingerprint density at radius 1 is 1.07 bits per heavy atom. The van der Waals surface area contributed by atoms with Crippen LogP contribution in [0.2, 0.25) is 0 Å². The molecule has 0 aromatic heterocycles. The molecule has 0 unspecified atom stereocenters. The molecular formula is C21H29IN4O3S. The molecule has 0 aliphatic heterocycles. The van der Waals surface area contributed by atoms with Crippen molar-refractivity contribution in [1.29, 1.82) is 0 Å². The zero-order valence-corrected chi connectivity index (χ0v) is 20.6. The number of guanidine groups is 1. The van der Waals surface area contributed by atoms with Gasteiger partial charge in [0, 0.05) is 39.8 Å². The SMILES string of the molecule is C=CCOc1ccccc1CNC(=NC)NCc1ccccc1S(=O)(=O)N(C)C.I. The average molecular weight is 544 g/mol. The highest BCUT2D eigenvalue weighted by atomic mass is 127. The number of aliphatic imine (C=N–C) groups is 1. The Bertz CT molecular complexity index is 962. The van der Waals surface area contributed by atoms with Gasteiger partial charge in [-0.05, 0) is 17.7 Å². The van der Waals surface area contributed by atoms with Gasteiger partial charge < -0.3 is 15.4 Å². The third kappa shape index (κ3) is 6.99.